The largest absolute Gasteiger partial charge is 0.756 e. The minimum absolute atomic E-state index is 0.0102. The van der Waals surface area contributed by atoms with Gasteiger partial charge in [-0.05, 0) is 30.7 Å². The lowest BCUT2D eigenvalue weighted by Crippen LogP contribution is -2.38. The zero-order valence-electron chi connectivity index (χ0n) is 30.3. The predicted molar refractivity (Wildman–Crippen MR) is 203 cm³/mol. The van der Waals surface area contributed by atoms with Crippen LogP contribution in [-0.4, -0.2) is 104 Å². The lowest BCUT2D eigenvalue weighted by atomic mass is 10.1. The van der Waals surface area contributed by atoms with Gasteiger partial charge in [0.05, 0.1) is 33.0 Å². The van der Waals surface area contributed by atoms with Gasteiger partial charge < -0.3 is 44.7 Å². The van der Waals surface area contributed by atoms with Gasteiger partial charge in [0.1, 0.15) is 32.4 Å². The second-order valence-electron chi connectivity index (χ2n) is 12.8. The van der Waals surface area contributed by atoms with Gasteiger partial charge in [0.25, 0.3) is 13.4 Å². The van der Waals surface area contributed by atoms with Gasteiger partial charge in [-0.25, -0.2) is 27.8 Å². The SMILES string of the molecule is CN(CCCC(=O)NC/C=C/c1cn([C@@H]2O[C@H](COP(=O)(O)OP(=O)(O)OP(=O)([O-])O)[C@@H](O)[C@H]2O)c(=O)[nH]c1=O)c1ccc2nc3ccc(=[N+](C)C)cc-3sc2c1. The molecule has 1 saturated heterocycles. The van der Waals surface area contributed by atoms with Gasteiger partial charge in [-0.2, -0.15) is 4.31 Å². The molecule has 0 spiro atoms. The molecule has 1 aromatic carbocycles. The van der Waals surface area contributed by atoms with Gasteiger partial charge in [0.15, 0.2) is 6.23 Å². The number of H-pyrrole nitrogens is 1. The molecule has 7 atom stereocenters. The number of anilines is 1. The van der Waals surface area contributed by atoms with Crippen LogP contribution in [0.25, 0.3) is 26.9 Å². The van der Waals surface area contributed by atoms with Crippen LogP contribution in [0, 0.1) is 0 Å². The van der Waals surface area contributed by atoms with E-state index >= 15 is 0 Å². The van der Waals surface area contributed by atoms with Gasteiger partial charge in [-0.1, -0.05) is 12.2 Å². The first kappa shape index (κ1) is 44.3. The Kier molecular flexibility index (Phi) is 14.0. The number of nitrogens with one attached hydrogen (secondary N) is 2. The number of hydrogen-bond donors (Lipinski definition) is 7. The summed E-state index contributed by atoms with van der Waals surface area (Å²) >= 11 is 1.65. The average molecular weight is 877 g/mol. The van der Waals surface area contributed by atoms with E-state index in [1.807, 2.05) is 59.9 Å². The fourth-order valence-corrected chi connectivity index (χ4v) is 9.57. The van der Waals surface area contributed by atoms with Crippen molar-refractivity contribution in [2.75, 3.05) is 45.7 Å². The first-order valence-electron chi connectivity index (χ1n) is 16.7. The number of phosphoric acid groups is 3. The number of hydrogen-bond acceptors (Lipinski definition) is 16. The number of phosphoric ester groups is 1. The van der Waals surface area contributed by atoms with Crippen LogP contribution in [0.4, 0.5) is 5.69 Å². The summed E-state index contributed by atoms with van der Waals surface area (Å²) < 4.78 is 54.9. The molecular weight excluding hydrogens is 837 g/mol. The standard InChI is InChI=1S/C31H39N6O16P3S/c1-35(2)19-8-10-21-24(14-19)57-25-15-20(9-11-22(25)33-21)36(3)13-5-7-26(38)32-12-4-6-18-16-37(31(42)34-29(18)41)30-28(40)27(39)23(51-30)17-50-55(46,47)53-56(48,49)52-54(43,44)45/h4,6,8-11,14-16,23,27-28,30,39-40H,5,7,12-13,17H2,1-3H3,(H5-,32,34,38,41,42,43,44,45,46,47,48,49)/b6-4+/t23-,27-,28-,30-/m1/s1. The first-order valence-corrected chi connectivity index (χ1v) is 22.0. The van der Waals surface area contributed by atoms with Crippen molar-refractivity contribution in [3.8, 4) is 10.6 Å². The Labute approximate surface area is 326 Å². The topological polar surface area (TPSA) is 315 Å². The Hall–Kier alpha value is -3.76. The number of aromatic amines is 1. The van der Waals surface area contributed by atoms with E-state index in [2.05, 4.69) is 30.6 Å². The Bertz CT molecular complexity index is 2460. The van der Waals surface area contributed by atoms with Crippen LogP contribution in [0.5, 0.6) is 0 Å². The number of aromatic nitrogens is 3. The molecule has 1 fully saturated rings. The predicted octanol–water partition coefficient (Wildman–Crippen LogP) is -0.341. The number of aliphatic hydroxyl groups excluding tert-OH is 2. The second kappa shape index (κ2) is 18.0. The monoisotopic (exact) mass is 876 g/mol. The molecule has 2 aliphatic heterocycles. The highest BCUT2D eigenvalue weighted by molar-refractivity contribution is 7.66. The number of benzene rings is 2. The summed E-state index contributed by atoms with van der Waals surface area (Å²) in [6.07, 6.45) is -2.73. The molecule has 5 rings (SSSR count). The Balaban J connectivity index is 1.12. The van der Waals surface area contributed by atoms with Crippen LogP contribution in [0.3, 0.4) is 0 Å². The number of carbonyl (C=O) groups is 1. The number of nitrogens with zero attached hydrogens (tertiary/aromatic N) is 4. The third-order valence-electron chi connectivity index (χ3n) is 8.34. The zero-order chi connectivity index (χ0) is 41.9. The number of ether oxygens (including phenoxy) is 1. The lowest BCUT2D eigenvalue weighted by molar-refractivity contribution is -0.212. The molecule has 26 heteroatoms. The van der Waals surface area contributed by atoms with Crippen molar-refractivity contribution < 1.29 is 66.2 Å². The summed E-state index contributed by atoms with van der Waals surface area (Å²) in [6, 6.07) is 12.2. The molecule has 1 aliphatic carbocycles. The minimum atomic E-state index is -5.89. The van der Waals surface area contributed by atoms with E-state index in [1.54, 1.807) is 11.3 Å². The molecule has 0 bridgehead atoms. The Morgan fingerprint density at radius 3 is 2.54 bits per heavy atom. The summed E-state index contributed by atoms with van der Waals surface area (Å²) in [7, 11) is -11.5. The molecule has 0 saturated carbocycles. The number of rotatable bonds is 16. The van der Waals surface area contributed by atoms with E-state index in [1.165, 1.54) is 12.2 Å². The normalized spacial score (nSPS) is 21.6. The molecule has 22 nitrogen and oxygen atoms in total. The van der Waals surface area contributed by atoms with E-state index < -0.39 is 65.9 Å². The van der Waals surface area contributed by atoms with Crippen molar-refractivity contribution in [3.05, 3.63) is 80.4 Å². The highest BCUT2D eigenvalue weighted by Gasteiger charge is 2.46. The summed E-state index contributed by atoms with van der Waals surface area (Å²) in [5.41, 5.74) is 0.734. The van der Waals surface area contributed by atoms with Crippen LogP contribution in [0.1, 0.15) is 24.6 Å². The highest BCUT2D eigenvalue weighted by Crippen LogP contribution is 2.65. The summed E-state index contributed by atoms with van der Waals surface area (Å²) in [4.78, 5) is 85.6. The molecule has 3 aliphatic rings. The van der Waals surface area contributed by atoms with Crippen molar-refractivity contribution in [2.45, 2.75) is 37.4 Å². The van der Waals surface area contributed by atoms with Crippen molar-refractivity contribution >= 4 is 62.7 Å². The van der Waals surface area contributed by atoms with Crippen LogP contribution in [0.15, 0.2) is 58.3 Å². The molecule has 0 radical (unpaired) electrons. The van der Waals surface area contributed by atoms with E-state index in [-0.39, 0.29) is 24.4 Å². The maximum absolute atomic E-state index is 12.6. The van der Waals surface area contributed by atoms with E-state index in [0.717, 1.165) is 38.0 Å². The van der Waals surface area contributed by atoms with E-state index in [9.17, 15) is 53.0 Å². The van der Waals surface area contributed by atoms with Gasteiger partial charge in [-0.3, -0.25) is 28.2 Å². The van der Waals surface area contributed by atoms with Crippen molar-refractivity contribution in [1.82, 2.24) is 24.4 Å². The summed E-state index contributed by atoms with van der Waals surface area (Å²) in [6.45, 7) is -0.534. The minimum Gasteiger partial charge on any atom is -0.756 e. The maximum atomic E-state index is 12.6. The van der Waals surface area contributed by atoms with Crippen LogP contribution < -0.4 is 36.3 Å². The number of amides is 1. The molecule has 57 heavy (non-hydrogen) atoms. The molecular formula is C31H39N6O16P3S. The average Bonchev–Trinajstić information content (AvgIpc) is 3.39. The maximum Gasteiger partial charge on any atom is 0.487 e. The molecule has 310 valence electrons. The van der Waals surface area contributed by atoms with Crippen molar-refractivity contribution in [3.63, 3.8) is 0 Å². The fraction of sp³-hybridized carbons (Fsp3) is 0.387. The van der Waals surface area contributed by atoms with Gasteiger partial charge >= 0.3 is 21.3 Å². The highest BCUT2D eigenvalue weighted by atomic mass is 32.1. The van der Waals surface area contributed by atoms with Crippen LogP contribution >= 0.6 is 34.8 Å². The molecule has 3 unspecified atom stereocenters. The summed E-state index contributed by atoms with van der Waals surface area (Å²) in [5, 5.41) is 24.7. The third kappa shape index (κ3) is 11.9. The summed E-state index contributed by atoms with van der Waals surface area (Å²) in [5.74, 6) is -0.254. The third-order valence-corrected chi connectivity index (χ3v) is 13.2. The van der Waals surface area contributed by atoms with Gasteiger partial charge in [-0.15, -0.1) is 11.3 Å². The molecule has 3 heterocycles. The van der Waals surface area contributed by atoms with E-state index in [0.29, 0.717) is 17.5 Å². The first-order chi connectivity index (χ1) is 26.6. The van der Waals surface area contributed by atoms with Crippen molar-refractivity contribution in [1.29, 1.82) is 0 Å². The Morgan fingerprint density at radius 2 is 1.84 bits per heavy atom. The van der Waals surface area contributed by atoms with E-state index in [4.69, 9.17) is 14.6 Å². The molecule has 7 N–H and O–H groups in total. The van der Waals surface area contributed by atoms with Gasteiger partial charge in [0.2, 0.25) is 11.3 Å². The number of aliphatic hydroxyl groups is 2. The molecule has 1 amide bonds. The second-order valence-corrected chi connectivity index (χ2v) is 18.3. The van der Waals surface area contributed by atoms with Crippen LogP contribution in [0.2, 0.25) is 0 Å². The number of fused-ring (bicyclic) bond motifs is 2. The lowest BCUT2D eigenvalue weighted by Gasteiger charge is -2.21. The van der Waals surface area contributed by atoms with Crippen LogP contribution in [-0.2, 0) is 36.4 Å². The van der Waals surface area contributed by atoms with Gasteiger partial charge in [0, 0.05) is 50.6 Å². The quantitative estimate of drug-likeness (QED) is 0.0430. The zero-order valence-corrected chi connectivity index (χ0v) is 33.8. The smallest absolute Gasteiger partial charge is 0.487 e. The van der Waals surface area contributed by atoms with Crippen molar-refractivity contribution in [2.24, 2.45) is 0 Å². The number of carbonyl (C=O) groups excluding carboxylic acids is 1. The molecule has 1 aromatic heterocycles. The fourth-order valence-electron chi connectivity index (χ4n) is 5.54. The Morgan fingerprint density at radius 1 is 1.11 bits per heavy atom. The molecule has 2 aromatic rings.